The molecule has 0 radical (unpaired) electrons. The van der Waals surface area contributed by atoms with Crippen molar-refractivity contribution in [2.24, 2.45) is 0 Å². The molecule has 0 aliphatic heterocycles. The summed E-state index contributed by atoms with van der Waals surface area (Å²) in [6.45, 7) is 7.31. The van der Waals surface area contributed by atoms with Crippen molar-refractivity contribution < 1.29 is 9.53 Å². The quantitative estimate of drug-likeness (QED) is 0.854. The van der Waals surface area contributed by atoms with Crippen LogP contribution in [0.4, 0.5) is 4.79 Å². The molecule has 1 aromatic carbocycles. The molecule has 2 amide bonds. The Morgan fingerprint density at radius 2 is 2.17 bits per heavy atom. The second kappa shape index (κ2) is 8.02. The van der Waals surface area contributed by atoms with Gasteiger partial charge in [0, 0.05) is 17.0 Å². The maximum absolute atomic E-state index is 12.5. The summed E-state index contributed by atoms with van der Waals surface area (Å²) in [4.78, 5) is 15.5. The largest absolute Gasteiger partial charge is 0.496 e. The molecule has 0 spiro atoms. The van der Waals surface area contributed by atoms with Gasteiger partial charge in [0.2, 0.25) is 0 Å². The van der Waals surface area contributed by atoms with Crippen molar-refractivity contribution in [2.45, 2.75) is 33.4 Å². The van der Waals surface area contributed by atoms with E-state index in [4.69, 9.17) is 4.74 Å². The highest BCUT2D eigenvalue weighted by Crippen LogP contribution is 2.26. The smallest absolute Gasteiger partial charge is 0.318 e. The predicted molar refractivity (Wildman–Crippen MR) is 95.1 cm³/mol. The van der Waals surface area contributed by atoms with Crippen LogP contribution in [0.3, 0.4) is 0 Å². The summed E-state index contributed by atoms with van der Waals surface area (Å²) in [7, 11) is 1.65. The third-order valence-corrected chi connectivity index (χ3v) is 4.65. The van der Waals surface area contributed by atoms with Crippen LogP contribution < -0.4 is 10.1 Å². The van der Waals surface area contributed by atoms with Crippen molar-refractivity contribution in [1.82, 2.24) is 10.2 Å². The lowest BCUT2D eigenvalue weighted by molar-refractivity contribution is 0.195. The molecule has 1 aromatic heterocycles. The molecule has 0 aliphatic rings. The van der Waals surface area contributed by atoms with Gasteiger partial charge in [0.25, 0.3) is 0 Å². The predicted octanol–water partition coefficient (Wildman–Crippen LogP) is 4.36. The van der Waals surface area contributed by atoms with E-state index >= 15 is 0 Å². The van der Waals surface area contributed by atoms with Crippen LogP contribution in [0.15, 0.2) is 35.7 Å². The van der Waals surface area contributed by atoms with Gasteiger partial charge in [-0.05, 0) is 38.3 Å². The maximum atomic E-state index is 12.5. The van der Waals surface area contributed by atoms with Gasteiger partial charge in [0.05, 0.1) is 19.7 Å². The Morgan fingerprint density at radius 3 is 2.78 bits per heavy atom. The number of nitrogens with one attached hydrogen (secondary N) is 1. The molecule has 0 saturated carbocycles. The van der Waals surface area contributed by atoms with Crippen molar-refractivity contribution in [1.29, 1.82) is 0 Å². The Balaban J connectivity index is 2.07. The first kappa shape index (κ1) is 17.3. The molecule has 1 unspecified atom stereocenters. The highest BCUT2D eigenvalue weighted by atomic mass is 32.1. The number of rotatable bonds is 6. The van der Waals surface area contributed by atoms with Gasteiger partial charge in [-0.15, -0.1) is 11.3 Å². The van der Waals surface area contributed by atoms with Crippen molar-refractivity contribution in [2.75, 3.05) is 13.7 Å². The van der Waals surface area contributed by atoms with E-state index in [1.807, 2.05) is 55.3 Å². The van der Waals surface area contributed by atoms with Crippen LogP contribution in [0.2, 0.25) is 0 Å². The molecule has 0 bridgehead atoms. The van der Waals surface area contributed by atoms with E-state index in [2.05, 4.69) is 11.4 Å². The molecular formula is C18H24N2O2S. The topological polar surface area (TPSA) is 41.6 Å². The number of aryl methyl sites for hydroxylation is 1. The fraction of sp³-hybridized carbons (Fsp3) is 0.389. The number of carbonyl (C=O) groups is 1. The van der Waals surface area contributed by atoms with Crippen molar-refractivity contribution in [3.63, 3.8) is 0 Å². The third kappa shape index (κ3) is 4.48. The summed E-state index contributed by atoms with van der Waals surface area (Å²) in [6, 6.07) is 9.88. The molecule has 5 heteroatoms. The van der Waals surface area contributed by atoms with Gasteiger partial charge in [-0.3, -0.25) is 0 Å². The van der Waals surface area contributed by atoms with Gasteiger partial charge in [0.15, 0.2) is 0 Å². The molecule has 23 heavy (non-hydrogen) atoms. The second-order valence-corrected chi connectivity index (χ2v) is 6.54. The lowest BCUT2D eigenvalue weighted by Gasteiger charge is -2.24. The number of carbonyl (C=O) groups excluding carboxylic acids is 1. The van der Waals surface area contributed by atoms with E-state index in [1.165, 1.54) is 4.88 Å². The highest BCUT2D eigenvalue weighted by molar-refractivity contribution is 7.09. The lowest BCUT2D eigenvalue weighted by Crippen LogP contribution is -2.40. The third-order valence-electron chi connectivity index (χ3n) is 3.79. The van der Waals surface area contributed by atoms with E-state index < -0.39 is 0 Å². The Morgan fingerprint density at radius 1 is 1.39 bits per heavy atom. The number of hydrogen-bond acceptors (Lipinski definition) is 3. The van der Waals surface area contributed by atoms with Crippen LogP contribution in [0.25, 0.3) is 0 Å². The van der Waals surface area contributed by atoms with Crippen LogP contribution in [-0.2, 0) is 6.54 Å². The molecule has 0 fully saturated rings. The SMILES string of the molecule is CCN(Cc1cccs1)C(=O)NC(C)c1cc(C)ccc1OC. The first-order valence-electron chi connectivity index (χ1n) is 7.77. The Labute approximate surface area is 142 Å². The Kier molecular flexibility index (Phi) is 6.04. The standard InChI is InChI=1S/C18H24N2O2S/c1-5-20(12-15-7-6-10-23-15)18(21)19-14(3)16-11-13(2)8-9-17(16)22-4/h6-11,14H,5,12H2,1-4H3,(H,19,21). The maximum Gasteiger partial charge on any atom is 0.318 e. The summed E-state index contributed by atoms with van der Waals surface area (Å²) < 4.78 is 5.41. The zero-order valence-electron chi connectivity index (χ0n) is 14.1. The summed E-state index contributed by atoms with van der Waals surface area (Å²) in [5.41, 5.74) is 2.14. The molecule has 1 heterocycles. The van der Waals surface area contributed by atoms with E-state index in [1.54, 1.807) is 18.4 Å². The molecule has 2 aromatic rings. The number of hydrogen-bond donors (Lipinski definition) is 1. The van der Waals surface area contributed by atoms with Crippen LogP contribution in [0.5, 0.6) is 5.75 Å². The number of benzene rings is 1. The van der Waals surface area contributed by atoms with Gasteiger partial charge in [-0.25, -0.2) is 4.79 Å². The fourth-order valence-corrected chi connectivity index (χ4v) is 3.18. The summed E-state index contributed by atoms with van der Waals surface area (Å²) in [5.74, 6) is 0.796. The van der Waals surface area contributed by atoms with Crippen LogP contribution in [-0.4, -0.2) is 24.6 Å². The van der Waals surface area contributed by atoms with Gasteiger partial charge in [-0.1, -0.05) is 23.8 Å². The lowest BCUT2D eigenvalue weighted by atomic mass is 10.0. The van der Waals surface area contributed by atoms with Crippen molar-refractivity contribution >= 4 is 17.4 Å². The van der Waals surface area contributed by atoms with E-state index in [0.29, 0.717) is 13.1 Å². The second-order valence-electron chi connectivity index (χ2n) is 5.51. The molecule has 1 N–H and O–H groups in total. The van der Waals surface area contributed by atoms with Gasteiger partial charge in [0.1, 0.15) is 5.75 Å². The molecule has 1 atom stereocenters. The molecular weight excluding hydrogens is 308 g/mol. The molecule has 0 aliphatic carbocycles. The van der Waals surface area contributed by atoms with Gasteiger partial charge < -0.3 is 15.0 Å². The number of thiophene rings is 1. The minimum absolute atomic E-state index is 0.0584. The summed E-state index contributed by atoms with van der Waals surface area (Å²) >= 11 is 1.67. The number of ether oxygens (including phenoxy) is 1. The number of urea groups is 1. The zero-order chi connectivity index (χ0) is 16.8. The van der Waals surface area contributed by atoms with Crippen LogP contribution >= 0.6 is 11.3 Å². The Hall–Kier alpha value is -2.01. The molecule has 4 nitrogen and oxygen atoms in total. The van der Waals surface area contributed by atoms with Crippen LogP contribution in [0, 0.1) is 6.92 Å². The first-order chi connectivity index (χ1) is 11.0. The zero-order valence-corrected chi connectivity index (χ0v) is 14.9. The summed E-state index contributed by atoms with van der Waals surface area (Å²) in [6.07, 6.45) is 0. The molecule has 0 saturated heterocycles. The molecule has 124 valence electrons. The number of amides is 2. The minimum Gasteiger partial charge on any atom is -0.496 e. The van der Waals surface area contributed by atoms with E-state index in [-0.39, 0.29) is 12.1 Å². The summed E-state index contributed by atoms with van der Waals surface area (Å²) in [5, 5.41) is 5.10. The number of methoxy groups -OCH3 is 1. The fourth-order valence-electron chi connectivity index (χ4n) is 2.46. The highest BCUT2D eigenvalue weighted by Gasteiger charge is 2.18. The van der Waals surface area contributed by atoms with Gasteiger partial charge in [-0.2, -0.15) is 0 Å². The first-order valence-corrected chi connectivity index (χ1v) is 8.65. The van der Waals surface area contributed by atoms with Gasteiger partial charge >= 0.3 is 6.03 Å². The van der Waals surface area contributed by atoms with E-state index in [0.717, 1.165) is 16.9 Å². The van der Waals surface area contributed by atoms with Crippen LogP contribution in [0.1, 0.15) is 35.9 Å². The Bertz CT molecular complexity index is 640. The van der Waals surface area contributed by atoms with Crippen molar-refractivity contribution in [3.8, 4) is 5.75 Å². The normalized spacial score (nSPS) is 11.8. The van der Waals surface area contributed by atoms with E-state index in [9.17, 15) is 4.79 Å². The number of nitrogens with zero attached hydrogens (tertiary/aromatic N) is 1. The van der Waals surface area contributed by atoms with Crippen molar-refractivity contribution in [3.05, 3.63) is 51.7 Å². The average Bonchev–Trinajstić information content (AvgIpc) is 3.05. The monoisotopic (exact) mass is 332 g/mol. The minimum atomic E-state index is -0.116. The average molecular weight is 332 g/mol. The molecule has 2 rings (SSSR count).